The molecular weight excluding hydrogens is 315 g/mol. The van der Waals surface area contributed by atoms with Gasteiger partial charge in [-0.3, -0.25) is 0 Å². The van der Waals surface area contributed by atoms with E-state index < -0.39 is 0 Å². The lowest BCUT2D eigenvalue weighted by atomic mass is 10.2. The number of aromatic nitrogens is 1. The van der Waals surface area contributed by atoms with Gasteiger partial charge in [0, 0.05) is 9.35 Å². The lowest BCUT2D eigenvalue weighted by Gasteiger charge is -2.15. The number of aryl methyl sites for hydroxylation is 2. The highest BCUT2D eigenvalue weighted by atomic mass is 79.9. The van der Waals surface area contributed by atoms with Crippen molar-refractivity contribution >= 4 is 33.0 Å². The van der Waals surface area contributed by atoms with Gasteiger partial charge in [0.05, 0.1) is 22.4 Å². The van der Waals surface area contributed by atoms with Crippen LogP contribution in [0.25, 0.3) is 0 Å². The smallest absolute Gasteiger partial charge is 0.125 e. The number of thiazole rings is 1. The molecule has 1 N–H and O–H groups in total. The van der Waals surface area contributed by atoms with E-state index in [-0.39, 0.29) is 11.9 Å². The maximum absolute atomic E-state index is 13.2. The number of hydrogen-bond donors (Lipinski definition) is 1. The summed E-state index contributed by atoms with van der Waals surface area (Å²) < 4.78 is 14.1. The third-order valence-corrected chi connectivity index (χ3v) is 4.24. The monoisotopic (exact) mass is 328 g/mol. The quantitative estimate of drug-likeness (QED) is 0.872. The number of rotatable bonds is 3. The summed E-state index contributed by atoms with van der Waals surface area (Å²) in [5.74, 6) is -0.251. The van der Waals surface area contributed by atoms with Crippen LogP contribution >= 0.6 is 27.3 Å². The molecule has 1 unspecified atom stereocenters. The van der Waals surface area contributed by atoms with Crippen LogP contribution in [0.1, 0.15) is 28.5 Å². The number of benzene rings is 1. The number of nitrogens with one attached hydrogen (secondary N) is 1. The van der Waals surface area contributed by atoms with Crippen molar-refractivity contribution in [1.29, 1.82) is 0 Å². The molecule has 0 bridgehead atoms. The molecule has 1 heterocycles. The Labute approximate surface area is 118 Å². The molecule has 0 amide bonds. The first kappa shape index (κ1) is 13.5. The Kier molecular flexibility index (Phi) is 4.02. The van der Waals surface area contributed by atoms with Crippen LogP contribution in [-0.2, 0) is 0 Å². The molecule has 0 saturated carbocycles. The summed E-state index contributed by atoms with van der Waals surface area (Å²) in [6.07, 6.45) is 0. The minimum atomic E-state index is -0.251. The predicted molar refractivity (Wildman–Crippen MR) is 77.7 cm³/mol. The van der Waals surface area contributed by atoms with Crippen LogP contribution < -0.4 is 5.32 Å². The molecule has 0 radical (unpaired) electrons. The molecule has 0 aliphatic rings. The molecule has 0 spiro atoms. The second kappa shape index (κ2) is 5.36. The molecule has 0 fully saturated rings. The topological polar surface area (TPSA) is 24.9 Å². The van der Waals surface area contributed by atoms with E-state index >= 15 is 0 Å². The first-order valence-electron chi connectivity index (χ1n) is 5.63. The molecule has 0 aliphatic heterocycles. The Morgan fingerprint density at radius 1 is 1.39 bits per heavy atom. The van der Waals surface area contributed by atoms with Crippen LogP contribution in [0.5, 0.6) is 0 Å². The van der Waals surface area contributed by atoms with E-state index in [9.17, 15) is 4.39 Å². The van der Waals surface area contributed by atoms with E-state index in [1.807, 2.05) is 13.8 Å². The number of halogens is 2. The van der Waals surface area contributed by atoms with Crippen LogP contribution in [0.3, 0.4) is 0 Å². The van der Waals surface area contributed by atoms with Crippen molar-refractivity contribution in [3.05, 3.63) is 44.1 Å². The number of hydrogen-bond acceptors (Lipinski definition) is 3. The van der Waals surface area contributed by atoms with Crippen molar-refractivity contribution in [3.63, 3.8) is 0 Å². The molecule has 96 valence electrons. The van der Waals surface area contributed by atoms with Crippen molar-refractivity contribution in [2.24, 2.45) is 0 Å². The van der Waals surface area contributed by atoms with Crippen molar-refractivity contribution < 1.29 is 4.39 Å². The minimum absolute atomic E-state index is 0.0491. The van der Waals surface area contributed by atoms with Gasteiger partial charge in [0.1, 0.15) is 5.82 Å². The van der Waals surface area contributed by atoms with Crippen LogP contribution in [0.4, 0.5) is 10.1 Å². The molecule has 2 rings (SSSR count). The zero-order valence-electron chi connectivity index (χ0n) is 10.4. The lowest BCUT2D eigenvalue weighted by Crippen LogP contribution is -2.09. The Bertz CT molecular complexity index is 568. The standard InChI is InChI=1S/C13H14BrFN2S/c1-7(13-8(2)18-9(3)17-13)16-12-6-10(15)4-5-11(12)14/h4-7,16H,1-3H3. The maximum Gasteiger partial charge on any atom is 0.125 e. The fraction of sp³-hybridized carbons (Fsp3) is 0.308. The second-order valence-electron chi connectivity index (χ2n) is 4.16. The summed E-state index contributed by atoms with van der Waals surface area (Å²) in [5.41, 5.74) is 1.77. The van der Waals surface area contributed by atoms with Gasteiger partial charge in [-0.25, -0.2) is 9.37 Å². The average Bonchev–Trinajstić information content (AvgIpc) is 2.63. The molecule has 1 aromatic heterocycles. The second-order valence-corrected chi connectivity index (χ2v) is 6.43. The summed E-state index contributed by atoms with van der Waals surface area (Å²) in [6, 6.07) is 4.66. The molecule has 2 aromatic rings. The van der Waals surface area contributed by atoms with E-state index in [0.29, 0.717) is 0 Å². The zero-order chi connectivity index (χ0) is 13.3. The van der Waals surface area contributed by atoms with E-state index in [1.165, 1.54) is 17.0 Å². The van der Waals surface area contributed by atoms with E-state index in [1.54, 1.807) is 17.4 Å². The fourth-order valence-corrected chi connectivity index (χ4v) is 3.13. The van der Waals surface area contributed by atoms with E-state index in [2.05, 4.69) is 33.2 Å². The van der Waals surface area contributed by atoms with Gasteiger partial charge in [-0.15, -0.1) is 11.3 Å². The Morgan fingerprint density at radius 3 is 2.72 bits per heavy atom. The molecule has 1 aromatic carbocycles. The summed E-state index contributed by atoms with van der Waals surface area (Å²) in [4.78, 5) is 5.70. The molecule has 0 aliphatic carbocycles. The first-order valence-corrected chi connectivity index (χ1v) is 7.24. The first-order chi connectivity index (χ1) is 8.47. The van der Waals surface area contributed by atoms with Gasteiger partial charge in [-0.1, -0.05) is 0 Å². The van der Waals surface area contributed by atoms with Gasteiger partial charge >= 0.3 is 0 Å². The molecule has 1 atom stereocenters. The molecule has 0 saturated heterocycles. The lowest BCUT2D eigenvalue weighted by molar-refractivity contribution is 0.627. The predicted octanol–water partition coefficient (Wildman–Crippen LogP) is 4.83. The van der Waals surface area contributed by atoms with Crippen molar-refractivity contribution in [2.75, 3.05) is 5.32 Å². The van der Waals surface area contributed by atoms with Gasteiger partial charge in [0.15, 0.2) is 0 Å². The molecular formula is C13H14BrFN2S. The van der Waals surface area contributed by atoms with Crippen molar-refractivity contribution in [2.45, 2.75) is 26.8 Å². The van der Waals surface area contributed by atoms with Gasteiger partial charge in [0.2, 0.25) is 0 Å². The molecule has 2 nitrogen and oxygen atoms in total. The van der Waals surface area contributed by atoms with Crippen LogP contribution in [0.15, 0.2) is 22.7 Å². The summed E-state index contributed by atoms with van der Waals surface area (Å²) >= 11 is 5.09. The minimum Gasteiger partial charge on any atom is -0.376 e. The average molecular weight is 329 g/mol. The highest BCUT2D eigenvalue weighted by Crippen LogP contribution is 2.29. The highest BCUT2D eigenvalue weighted by molar-refractivity contribution is 9.10. The van der Waals surface area contributed by atoms with Gasteiger partial charge in [-0.2, -0.15) is 0 Å². The summed E-state index contributed by atoms with van der Waals surface area (Å²) in [7, 11) is 0. The van der Waals surface area contributed by atoms with Crippen LogP contribution in [0, 0.1) is 19.7 Å². The van der Waals surface area contributed by atoms with Crippen LogP contribution in [-0.4, -0.2) is 4.98 Å². The Morgan fingerprint density at radius 2 is 2.11 bits per heavy atom. The highest BCUT2D eigenvalue weighted by Gasteiger charge is 2.14. The zero-order valence-corrected chi connectivity index (χ0v) is 12.8. The normalized spacial score (nSPS) is 12.5. The number of nitrogens with zero attached hydrogens (tertiary/aromatic N) is 1. The van der Waals surface area contributed by atoms with Crippen molar-refractivity contribution in [3.8, 4) is 0 Å². The number of anilines is 1. The van der Waals surface area contributed by atoms with Crippen LogP contribution in [0.2, 0.25) is 0 Å². The maximum atomic E-state index is 13.2. The Hall–Kier alpha value is -0.940. The van der Waals surface area contributed by atoms with E-state index in [4.69, 9.17) is 0 Å². The SMILES string of the molecule is Cc1nc(C(C)Nc2cc(F)ccc2Br)c(C)s1. The van der Waals surface area contributed by atoms with Crippen molar-refractivity contribution in [1.82, 2.24) is 4.98 Å². The van der Waals surface area contributed by atoms with E-state index in [0.717, 1.165) is 20.9 Å². The van der Waals surface area contributed by atoms with Gasteiger partial charge in [-0.05, 0) is 54.9 Å². The summed E-state index contributed by atoms with van der Waals surface area (Å²) in [6.45, 7) is 6.07. The molecule has 18 heavy (non-hydrogen) atoms. The largest absolute Gasteiger partial charge is 0.376 e. The third-order valence-electron chi connectivity index (χ3n) is 2.65. The third kappa shape index (κ3) is 2.90. The van der Waals surface area contributed by atoms with Gasteiger partial charge in [0.25, 0.3) is 0 Å². The fourth-order valence-electron chi connectivity index (χ4n) is 1.86. The molecule has 5 heteroatoms. The summed E-state index contributed by atoms with van der Waals surface area (Å²) in [5, 5.41) is 4.33. The van der Waals surface area contributed by atoms with Gasteiger partial charge < -0.3 is 5.32 Å². The Balaban J connectivity index is 2.23.